The lowest BCUT2D eigenvalue weighted by Crippen LogP contribution is -2.51. The van der Waals surface area contributed by atoms with E-state index in [-0.39, 0.29) is 11.8 Å². The van der Waals surface area contributed by atoms with Gasteiger partial charge in [-0.15, -0.1) is 0 Å². The Morgan fingerprint density at radius 1 is 0.958 bits per heavy atom. The number of nitrogens with two attached hydrogens (primary N) is 1. The van der Waals surface area contributed by atoms with Crippen LogP contribution < -0.4 is 15.2 Å². The molecule has 0 bridgehead atoms. The molecule has 2 rings (SSSR count). The average Bonchev–Trinajstić information content (AvgIpc) is 2.62. The number of hydrogen-bond donors (Lipinski definition) is 1. The zero-order chi connectivity index (χ0) is 17.4. The molecular weight excluding hydrogens is 310 g/mol. The van der Waals surface area contributed by atoms with Gasteiger partial charge in [0.2, 0.25) is 11.8 Å². The molecule has 1 saturated heterocycles. The van der Waals surface area contributed by atoms with Crippen molar-refractivity contribution < 1.29 is 19.1 Å². The number of hydrogen-bond acceptors (Lipinski definition) is 5. The summed E-state index contributed by atoms with van der Waals surface area (Å²) in [6, 6.07) is 7.25. The maximum Gasteiger partial charge on any atom is 0.226 e. The third kappa shape index (κ3) is 5.13. The van der Waals surface area contributed by atoms with Gasteiger partial charge in [-0.2, -0.15) is 0 Å². The Balaban J connectivity index is 1.68. The Morgan fingerprint density at radius 3 is 1.96 bits per heavy atom. The molecule has 0 aromatic heterocycles. The molecule has 0 atom stereocenters. The summed E-state index contributed by atoms with van der Waals surface area (Å²) in [4.78, 5) is 27.5. The van der Waals surface area contributed by atoms with Crippen LogP contribution in [0.1, 0.15) is 12.8 Å². The molecular formula is C17H25N3O4. The summed E-state index contributed by atoms with van der Waals surface area (Å²) in [6.45, 7) is 2.97. The van der Waals surface area contributed by atoms with Crippen LogP contribution in [0.3, 0.4) is 0 Å². The Bertz CT molecular complexity index is 539. The van der Waals surface area contributed by atoms with Crippen molar-refractivity contribution in [3.63, 3.8) is 0 Å². The SMILES string of the molecule is COc1ccc(OCCC(=O)N2CCN(C(=O)CCN)CC2)cc1. The molecule has 1 aliphatic heterocycles. The molecule has 1 fully saturated rings. The summed E-state index contributed by atoms with van der Waals surface area (Å²) < 4.78 is 10.7. The van der Waals surface area contributed by atoms with Gasteiger partial charge in [0.15, 0.2) is 0 Å². The quantitative estimate of drug-likeness (QED) is 0.783. The van der Waals surface area contributed by atoms with Crippen LogP contribution in [0.5, 0.6) is 11.5 Å². The van der Waals surface area contributed by atoms with Gasteiger partial charge in [0.1, 0.15) is 11.5 Å². The lowest BCUT2D eigenvalue weighted by Gasteiger charge is -2.34. The van der Waals surface area contributed by atoms with Gasteiger partial charge in [0.05, 0.1) is 20.1 Å². The predicted octanol–water partition coefficient (Wildman–Crippen LogP) is 0.484. The fraction of sp³-hybridized carbons (Fsp3) is 0.529. The second-order valence-corrected chi connectivity index (χ2v) is 5.57. The minimum absolute atomic E-state index is 0.0504. The van der Waals surface area contributed by atoms with Crippen molar-refractivity contribution in [2.45, 2.75) is 12.8 Å². The number of rotatable bonds is 7. The number of nitrogens with zero attached hydrogens (tertiary/aromatic N) is 2. The fourth-order valence-corrected chi connectivity index (χ4v) is 2.57. The van der Waals surface area contributed by atoms with E-state index in [4.69, 9.17) is 15.2 Å². The maximum absolute atomic E-state index is 12.2. The topological polar surface area (TPSA) is 85.1 Å². The molecule has 7 heteroatoms. The van der Waals surface area contributed by atoms with Crippen molar-refractivity contribution in [1.82, 2.24) is 9.80 Å². The van der Waals surface area contributed by atoms with Crippen LogP contribution in [0.15, 0.2) is 24.3 Å². The Morgan fingerprint density at radius 2 is 1.46 bits per heavy atom. The summed E-state index contributed by atoms with van der Waals surface area (Å²) in [5.74, 6) is 1.59. The van der Waals surface area contributed by atoms with Gasteiger partial charge in [0.25, 0.3) is 0 Å². The lowest BCUT2D eigenvalue weighted by atomic mass is 10.2. The monoisotopic (exact) mass is 335 g/mol. The molecule has 1 aliphatic rings. The predicted molar refractivity (Wildman–Crippen MR) is 89.9 cm³/mol. The minimum Gasteiger partial charge on any atom is -0.497 e. The van der Waals surface area contributed by atoms with Crippen molar-refractivity contribution in [3.8, 4) is 11.5 Å². The van der Waals surface area contributed by atoms with E-state index in [2.05, 4.69) is 0 Å². The van der Waals surface area contributed by atoms with Crippen LogP contribution in [0.2, 0.25) is 0 Å². The number of amides is 2. The summed E-state index contributed by atoms with van der Waals surface area (Å²) >= 11 is 0. The first-order valence-electron chi connectivity index (χ1n) is 8.16. The second-order valence-electron chi connectivity index (χ2n) is 5.57. The third-order valence-corrected chi connectivity index (χ3v) is 3.99. The molecule has 1 aromatic carbocycles. The van der Waals surface area contributed by atoms with E-state index in [9.17, 15) is 9.59 Å². The van der Waals surface area contributed by atoms with Crippen molar-refractivity contribution >= 4 is 11.8 Å². The van der Waals surface area contributed by atoms with Gasteiger partial charge < -0.3 is 25.0 Å². The molecule has 1 heterocycles. The smallest absolute Gasteiger partial charge is 0.226 e. The van der Waals surface area contributed by atoms with E-state index in [0.717, 1.165) is 5.75 Å². The Kier molecular flexibility index (Phi) is 6.87. The molecule has 0 unspecified atom stereocenters. The van der Waals surface area contributed by atoms with Gasteiger partial charge in [0, 0.05) is 39.1 Å². The highest BCUT2D eigenvalue weighted by atomic mass is 16.5. The largest absolute Gasteiger partial charge is 0.497 e. The fourth-order valence-electron chi connectivity index (χ4n) is 2.57. The Labute approximate surface area is 142 Å². The number of benzene rings is 1. The van der Waals surface area contributed by atoms with Gasteiger partial charge in [-0.25, -0.2) is 0 Å². The highest BCUT2D eigenvalue weighted by Gasteiger charge is 2.23. The highest BCUT2D eigenvalue weighted by Crippen LogP contribution is 2.17. The molecule has 24 heavy (non-hydrogen) atoms. The number of ether oxygens (including phenoxy) is 2. The van der Waals surface area contributed by atoms with Crippen molar-refractivity contribution in [2.24, 2.45) is 5.73 Å². The molecule has 0 spiro atoms. The molecule has 2 amide bonds. The third-order valence-electron chi connectivity index (χ3n) is 3.99. The van der Waals surface area contributed by atoms with Crippen LogP contribution in [0.25, 0.3) is 0 Å². The average molecular weight is 335 g/mol. The van der Waals surface area contributed by atoms with Crippen molar-refractivity contribution in [1.29, 1.82) is 0 Å². The maximum atomic E-state index is 12.2. The number of carbonyl (C=O) groups excluding carboxylic acids is 2. The van der Waals surface area contributed by atoms with E-state index in [1.54, 1.807) is 16.9 Å². The molecule has 2 N–H and O–H groups in total. The number of carbonyl (C=O) groups is 2. The van der Waals surface area contributed by atoms with Crippen LogP contribution in [-0.4, -0.2) is 68.1 Å². The zero-order valence-corrected chi connectivity index (χ0v) is 14.1. The van der Waals surface area contributed by atoms with Crippen molar-refractivity contribution in [2.75, 3.05) is 46.4 Å². The molecule has 7 nitrogen and oxygen atoms in total. The molecule has 132 valence electrons. The minimum atomic E-state index is 0.0504. The van der Waals surface area contributed by atoms with Gasteiger partial charge >= 0.3 is 0 Å². The first-order valence-corrected chi connectivity index (χ1v) is 8.16. The first-order chi connectivity index (χ1) is 11.6. The summed E-state index contributed by atoms with van der Waals surface area (Å²) in [5.41, 5.74) is 5.40. The summed E-state index contributed by atoms with van der Waals surface area (Å²) in [6.07, 6.45) is 0.687. The molecule has 0 radical (unpaired) electrons. The lowest BCUT2D eigenvalue weighted by molar-refractivity contribution is -0.139. The number of piperazine rings is 1. The zero-order valence-electron chi connectivity index (χ0n) is 14.1. The summed E-state index contributed by atoms with van der Waals surface area (Å²) in [5, 5.41) is 0. The van der Waals surface area contributed by atoms with E-state index < -0.39 is 0 Å². The van der Waals surface area contributed by atoms with Crippen LogP contribution in [0.4, 0.5) is 0 Å². The van der Waals surface area contributed by atoms with E-state index in [0.29, 0.717) is 57.9 Å². The second kappa shape index (κ2) is 9.12. The molecule has 1 aromatic rings. The molecule has 0 saturated carbocycles. The van der Waals surface area contributed by atoms with Crippen molar-refractivity contribution in [3.05, 3.63) is 24.3 Å². The van der Waals surface area contributed by atoms with E-state index in [1.807, 2.05) is 24.3 Å². The van der Waals surface area contributed by atoms with Crippen LogP contribution in [-0.2, 0) is 9.59 Å². The van der Waals surface area contributed by atoms with Gasteiger partial charge in [-0.05, 0) is 24.3 Å². The van der Waals surface area contributed by atoms with Crippen LogP contribution in [0, 0.1) is 0 Å². The normalized spacial score (nSPS) is 14.4. The Hall–Kier alpha value is -2.28. The van der Waals surface area contributed by atoms with Gasteiger partial charge in [-0.1, -0.05) is 0 Å². The number of methoxy groups -OCH3 is 1. The van der Waals surface area contributed by atoms with E-state index >= 15 is 0 Å². The van der Waals surface area contributed by atoms with Crippen LogP contribution >= 0.6 is 0 Å². The highest BCUT2D eigenvalue weighted by molar-refractivity contribution is 5.78. The summed E-state index contributed by atoms with van der Waals surface area (Å²) in [7, 11) is 1.61. The van der Waals surface area contributed by atoms with Gasteiger partial charge in [-0.3, -0.25) is 9.59 Å². The first kappa shape index (κ1) is 18.1. The molecule has 0 aliphatic carbocycles. The van der Waals surface area contributed by atoms with E-state index in [1.165, 1.54) is 0 Å². The standard InChI is InChI=1S/C17H25N3O4/c1-23-14-2-4-15(5-3-14)24-13-7-17(22)20-11-9-19(10-12-20)16(21)6-8-18/h2-5H,6-13,18H2,1H3.